The largest absolute Gasteiger partial charge is 0.366 e. The first-order valence-electron chi connectivity index (χ1n) is 7.02. The minimum Gasteiger partial charge on any atom is -0.366 e. The van der Waals surface area contributed by atoms with Crippen LogP contribution in [0.15, 0.2) is 30.3 Å². The summed E-state index contributed by atoms with van der Waals surface area (Å²) in [5.41, 5.74) is 1.43. The zero-order valence-corrected chi connectivity index (χ0v) is 12.6. The summed E-state index contributed by atoms with van der Waals surface area (Å²) in [4.78, 5) is 4.83. The number of benzene rings is 1. The van der Waals surface area contributed by atoms with Crippen LogP contribution in [0.3, 0.4) is 0 Å². The Morgan fingerprint density at radius 2 is 1.84 bits per heavy atom. The average molecular weight is 277 g/mol. The highest BCUT2D eigenvalue weighted by atomic mass is 32.1. The van der Waals surface area contributed by atoms with E-state index < -0.39 is 0 Å². The number of nitrogens with one attached hydrogen (secondary N) is 1. The van der Waals surface area contributed by atoms with E-state index in [9.17, 15) is 0 Å². The van der Waals surface area contributed by atoms with Crippen LogP contribution in [-0.2, 0) is 0 Å². The summed E-state index contributed by atoms with van der Waals surface area (Å²) in [5, 5.41) is 3.93. The summed E-state index contributed by atoms with van der Waals surface area (Å²) in [5.74, 6) is 0. The second-order valence-corrected chi connectivity index (χ2v) is 5.30. The molecule has 1 fully saturated rings. The van der Waals surface area contributed by atoms with Gasteiger partial charge in [0.15, 0.2) is 5.11 Å². The van der Waals surface area contributed by atoms with Crippen LogP contribution < -0.4 is 5.32 Å². The number of rotatable bonds is 3. The van der Waals surface area contributed by atoms with Gasteiger partial charge in [-0.3, -0.25) is 4.90 Å². The normalized spacial score (nSPS) is 18.1. The van der Waals surface area contributed by atoms with Crippen molar-refractivity contribution in [2.24, 2.45) is 0 Å². The van der Waals surface area contributed by atoms with Gasteiger partial charge in [0.05, 0.1) is 0 Å². The molecule has 0 radical (unpaired) electrons. The zero-order valence-electron chi connectivity index (χ0n) is 11.8. The summed E-state index contributed by atoms with van der Waals surface area (Å²) in [7, 11) is 1.90. The monoisotopic (exact) mass is 277 g/mol. The second kappa shape index (κ2) is 6.87. The van der Waals surface area contributed by atoms with E-state index in [-0.39, 0.29) is 0 Å². The van der Waals surface area contributed by atoms with Crippen molar-refractivity contribution >= 4 is 17.3 Å². The van der Waals surface area contributed by atoms with Crippen molar-refractivity contribution in [3.63, 3.8) is 0 Å². The first-order valence-corrected chi connectivity index (χ1v) is 7.42. The molecule has 1 saturated heterocycles. The van der Waals surface area contributed by atoms with Gasteiger partial charge >= 0.3 is 0 Å². The van der Waals surface area contributed by atoms with Crippen molar-refractivity contribution in [2.45, 2.75) is 19.4 Å². The molecule has 104 valence electrons. The van der Waals surface area contributed by atoms with Crippen molar-refractivity contribution in [3.8, 4) is 0 Å². The number of nitrogens with zero attached hydrogens (tertiary/aromatic N) is 2. The van der Waals surface area contributed by atoms with E-state index in [0.29, 0.717) is 6.04 Å². The molecule has 1 atom stereocenters. The Morgan fingerprint density at radius 3 is 2.37 bits per heavy atom. The van der Waals surface area contributed by atoms with Gasteiger partial charge in [0, 0.05) is 39.3 Å². The maximum Gasteiger partial charge on any atom is 0.168 e. The van der Waals surface area contributed by atoms with E-state index in [1.165, 1.54) is 5.56 Å². The second-order valence-electron chi connectivity index (χ2n) is 4.91. The van der Waals surface area contributed by atoms with Gasteiger partial charge < -0.3 is 10.2 Å². The van der Waals surface area contributed by atoms with Gasteiger partial charge in [-0.05, 0) is 24.2 Å². The lowest BCUT2D eigenvalue weighted by Gasteiger charge is -2.40. The third-order valence-electron chi connectivity index (χ3n) is 3.83. The molecule has 0 amide bonds. The smallest absolute Gasteiger partial charge is 0.168 e. The molecule has 19 heavy (non-hydrogen) atoms. The topological polar surface area (TPSA) is 18.5 Å². The Hall–Kier alpha value is -1.13. The molecule has 0 aliphatic carbocycles. The van der Waals surface area contributed by atoms with Crippen molar-refractivity contribution in [1.82, 2.24) is 15.1 Å². The molecule has 1 aliphatic heterocycles. The third-order valence-corrected chi connectivity index (χ3v) is 4.29. The van der Waals surface area contributed by atoms with Gasteiger partial charge in [-0.1, -0.05) is 37.3 Å². The Morgan fingerprint density at radius 1 is 1.21 bits per heavy atom. The molecule has 1 aliphatic rings. The Labute approximate surface area is 121 Å². The molecule has 4 heteroatoms. The van der Waals surface area contributed by atoms with Gasteiger partial charge in [-0.15, -0.1) is 0 Å². The van der Waals surface area contributed by atoms with Crippen molar-refractivity contribution in [2.75, 3.05) is 33.2 Å². The van der Waals surface area contributed by atoms with Gasteiger partial charge in [0.1, 0.15) is 0 Å². The predicted octanol–water partition coefficient (Wildman–Crippen LogP) is 2.26. The number of hydrogen-bond donors (Lipinski definition) is 1. The van der Waals surface area contributed by atoms with Gasteiger partial charge in [0.2, 0.25) is 0 Å². The minimum atomic E-state index is 0.534. The highest BCUT2D eigenvalue weighted by Crippen LogP contribution is 2.24. The maximum atomic E-state index is 5.30. The van der Waals surface area contributed by atoms with Crippen LogP contribution >= 0.6 is 12.2 Å². The number of thiocarbonyl (C=S) groups is 1. The van der Waals surface area contributed by atoms with Crippen molar-refractivity contribution < 1.29 is 0 Å². The third kappa shape index (κ3) is 3.45. The Bertz CT molecular complexity index is 399. The summed E-state index contributed by atoms with van der Waals surface area (Å²) < 4.78 is 0. The molecular weight excluding hydrogens is 254 g/mol. The van der Waals surface area contributed by atoms with Crippen LogP contribution in [0.25, 0.3) is 0 Å². The van der Waals surface area contributed by atoms with Gasteiger partial charge in [0.25, 0.3) is 0 Å². The van der Waals surface area contributed by atoms with Crippen LogP contribution in [0, 0.1) is 0 Å². The number of piperazine rings is 1. The van der Waals surface area contributed by atoms with Crippen LogP contribution in [-0.4, -0.2) is 48.1 Å². The number of hydrogen-bond acceptors (Lipinski definition) is 2. The lowest BCUT2D eigenvalue weighted by molar-refractivity contribution is 0.128. The predicted molar refractivity (Wildman–Crippen MR) is 84.3 cm³/mol. The molecule has 0 spiro atoms. The van der Waals surface area contributed by atoms with Crippen molar-refractivity contribution in [3.05, 3.63) is 35.9 Å². The fraction of sp³-hybridized carbons (Fsp3) is 0.533. The lowest BCUT2D eigenvalue weighted by Crippen LogP contribution is -2.51. The molecule has 2 rings (SSSR count). The standard InChI is InChI=1S/C15H23N3S/c1-3-14(13-7-5-4-6-8-13)17-9-11-18(12-10-17)15(19)16-2/h4-8,14H,3,9-12H2,1-2H3,(H,16,19)/t14-/m1/s1. The van der Waals surface area contributed by atoms with Gasteiger partial charge in [-0.25, -0.2) is 0 Å². The Balaban J connectivity index is 1.98. The van der Waals surface area contributed by atoms with Gasteiger partial charge in [-0.2, -0.15) is 0 Å². The summed E-state index contributed by atoms with van der Waals surface area (Å²) >= 11 is 5.30. The first-order chi connectivity index (χ1) is 9.26. The van der Waals surface area contributed by atoms with E-state index in [4.69, 9.17) is 12.2 Å². The summed E-state index contributed by atoms with van der Waals surface area (Å²) in [6, 6.07) is 11.3. The Kier molecular flexibility index (Phi) is 5.16. The maximum absolute atomic E-state index is 5.30. The molecule has 0 bridgehead atoms. The zero-order chi connectivity index (χ0) is 13.7. The van der Waals surface area contributed by atoms with Crippen LogP contribution in [0.2, 0.25) is 0 Å². The first kappa shape index (κ1) is 14.3. The van der Waals surface area contributed by atoms with Crippen molar-refractivity contribution in [1.29, 1.82) is 0 Å². The molecule has 0 unspecified atom stereocenters. The average Bonchev–Trinajstić information content (AvgIpc) is 2.49. The summed E-state index contributed by atoms with van der Waals surface area (Å²) in [6.45, 7) is 6.46. The molecule has 1 aromatic carbocycles. The molecule has 1 N–H and O–H groups in total. The van der Waals surface area contributed by atoms with E-state index in [1.807, 2.05) is 7.05 Å². The highest BCUT2D eigenvalue weighted by molar-refractivity contribution is 7.80. The lowest BCUT2D eigenvalue weighted by atomic mass is 10.0. The SMILES string of the molecule is CC[C@H](c1ccccc1)N1CCN(C(=S)NC)CC1. The molecule has 3 nitrogen and oxygen atoms in total. The summed E-state index contributed by atoms with van der Waals surface area (Å²) in [6.07, 6.45) is 1.15. The molecule has 1 heterocycles. The van der Waals surface area contributed by atoms with E-state index in [0.717, 1.165) is 37.7 Å². The van der Waals surface area contributed by atoms with E-state index >= 15 is 0 Å². The van der Waals surface area contributed by atoms with Crippen LogP contribution in [0.1, 0.15) is 24.9 Å². The van der Waals surface area contributed by atoms with E-state index in [2.05, 4.69) is 52.4 Å². The molecule has 0 aromatic heterocycles. The quantitative estimate of drug-likeness (QED) is 0.854. The fourth-order valence-corrected chi connectivity index (χ4v) is 2.96. The highest BCUT2D eigenvalue weighted by Gasteiger charge is 2.24. The molecular formula is C15H23N3S. The van der Waals surface area contributed by atoms with Crippen LogP contribution in [0.4, 0.5) is 0 Å². The fourth-order valence-electron chi connectivity index (χ4n) is 2.77. The minimum absolute atomic E-state index is 0.534. The molecule has 1 aromatic rings. The van der Waals surface area contributed by atoms with E-state index in [1.54, 1.807) is 0 Å². The van der Waals surface area contributed by atoms with Crippen LogP contribution in [0.5, 0.6) is 0 Å². The molecule has 0 saturated carbocycles.